The Labute approximate surface area is 96.4 Å². The normalized spacial score (nSPS) is 26.9. The molecule has 5 heteroatoms. The first-order valence-corrected chi connectivity index (χ1v) is 5.96. The summed E-state index contributed by atoms with van der Waals surface area (Å²) in [6, 6.07) is 0.237. The molecule has 2 atom stereocenters. The van der Waals surface area contributed by atoms with Crippen LogP contribution >= 0.6 is 0 Å². The maximum absolute atomic E-state index is 11.0. The van der Waals surface area contributed by atoms with Crippen molar-refractivity contribution in [3.63, 3.8) is 0 Å². The van der Waals surface area contributed by atoms with Crippen molar-refractivity contribution in [3.05, 3.63) is 0 Å². The number of β-amino-alcohol motifs (C(OH)–C–C–N with tert-alkyl or cyclic N) is 1. The standard InChI is InChI=1S/C11H22N2O3/c1-2-3-12-10-6-9(11(15)16)7-13(8-10)4-5-14/h9-10,12,14H,2-8H2,1H3,(H,15,16). The Morgan fingerprint density at radius 3 is 2.81 bits per heavy atom. The number of rotatable bonds is 6. The van der Waals surface area contributed by atoms with Crippen LogP contribution in [-0.2, 0) is 4.79 Å². The van der Waals surface area contributed by atoms with Gasteiger partial charge in [0.05, 0.1) is 12.5 Å². The third kappa shape index (κ3) is 4.08. The number of hydrogen-bond acceptors (Lipinski definition) is 4. The Bertz CT molecular complexity index is 223. The van der Waals surface area contributed by atoms with Gasteiger partial charge in [0.25, 0.3) is 0 Å². The smallest absolute Gasteiger partial charge is 0.307 e. The number of aliphatic hydroxyl groups excluding tert-OH is 1. The molecule has 1 saturated heterocycles. The van der Waals surface area contributed by atoms with Crippen LogP contribution in [0.15, 0.2) is 0 Å². The molecule has 0 bridgehead atoms. The van der Waals surface area contributed by atoms with Crippen molar-refractivity contribution in [1.29, 1.82) is 0 Å². The summed E-state index contributed by atoms with van der Waals surface area (Å²) in [5.74, 6) is -1.04. The van der Waals surface area contributed by atoms with E-state index in [4.69, 9.17) is 10.2 Å². The van der Waals surface area contributed by atoms with E-state index in [1.165, 1.54) is 0 Å². The fourth-order valence-electron chi connectivity index (χ4n) is 2.19. The summed E-state index contributed by atoms with van der Waals surface area (Å²) in [6.07, 6.45) is 1.74. The van der Waals surface area contributed by atoms with Crippen molar-refractivity contribution in [2.75, 3.05) is 32.8 Å². The van der Waals surface area contributed by atoms with E-state index in [2.05, 4.69) is 12.2 Å². The topological polar surface area (TPSA) is 72.8 Å². The third-order valence-electron chi connectivity index (χ3n) is 2.97. The molecule has 0 aromatic rings. The van der Waals surface area contributed by atoms with Gasteiger partial charge < -0.3 is 15.5 Å². The zero-order valence-corrected chi connectivity index (χ0v) is 9.85. The van der Waals surface area contributed by atoms with Crippen LogP contribution in [0.2, 0.25) is 0 Å². The molecule has 1 aliphatic rings. The second-order valence-corrected chi connectivity index (χ2v) is 4.41. The SMILES string of the molecule is CCCNC1CC(C(=O)O)CN(CCO)C1. The highest BCUT2D eigenvalue weighted by atomic mass is 16.4. The summed E-state index contributed by atoms with van der Waals surface area (Å²) in [6.45, 7) is 5.06. The largest absolute Gasteiger partial charge is 0.481 e. The summed E-state index contributed by atoms with van der Waals surface area (Å²) in [5, 5.41) is 21.3. The lowest BCUT2D eigenvalue weighted by Crippen LogP contribution is -2.51. The maximum atomic E-state index is 11.0. The predicted octanol–water partition coefficient (Wildman–Crippen LogP) is -0.247. The molecule has 0 spiro atoms. The number of carboxylic acids is 1. The molecule has 0 amide bonds. The number of aliphatic hydroxyl groups is 1. The Kier molecular flexibility index (Phi) is 5.73. The van der Waals surface area contributed by atoms with Crippen LogP contribution in [0.4, 0.5) is 0 Å². The molecule has 1 rings (SSSR count). The number of piperidine rings is 1. The van der Waals surface area contributed by atoms with Gasteiger partial charge in [0.15, 0.2) is 0 Å². The number of likely N-dealkylation sites (tertiary alicyclic amines) is 1. The quantitative estimate of drug-likeness (QED) is 0.587. The molecule has 0 aromatic heterocycles. The number of nitrogens with one attached hydrogen (secondary N) is 1. The van der Waals surface area contributed by atoms with Crippen molar-refractivity contribution in [2.24, 2.45) is 5.92 Å². The molecule has 0 aromatic carbocycles. The second kappa shape index (κ2) is 6.83. The van der Waals surface area contributed by atoms with Crippen LogP contribution in [0.5, 0.6) is 0 Å². The van der Waals surface area contributed by atoms with Gasteiger partial charge in [-0.3, -0.25) is 9.69 Å². The molecule has 1 aliphatic heterocycles. The lowest BCUT2D eigenvalue weighted by Gasteiger charge is -2.36. The van der Waals surface area contributed by atoms with Crippen molar-refractivity contribution in [1.82, 2.24) is 10.2 Å². The first kappa shape index (κ1) is 13.4. The van der Waals surface area contributed by atoms with E-state index in [-0.39, 0.29) is 18.6 Å². The van der Waals surface area contributed by atoms with E-state index in [9.17, 15) is 4.79 Å². The van der Waals surface area contributed by atoms with Crippen LogP contribution in [0, 0.1) is 5.92 Å². The number of carboxylic acid groups (broad SMARTS) is 1. The number of aliphatic carboxylic acids is 1. The van der Waals surface area contributed by atoms with Crippen molar-refractivity contribution >= 4 is 5.97 Å². The molecule has 16 heavy (non-hydrogen) atoms. The molecule has 1 fully saturated rings. The monoisotopic (exact) mass is 230 g/mol. The number of carbonyl (C=O) groups is 1. The van der Waals surface area contributed by atoms with Gasteiger partial charge >= 0.3 is 5.97 Å². The van der Waals surface area contributed by atoms with E-state index in [0.29, 0.717) is 19.5 Å². The van der Waals surface area contributed by atoms with Gasteiger partial charge in [-0.2, -0.15) is 0 Å². The van der Waals surface area contributed by atoms with E-state index in [1.54, 1.807) is 0 Å². The van der Waals surface area contributed by atoms with Gasteiger partial charge in [-0.1, -0.05) is 6.92 Å². The third-order valence-corrected chi connectivity index (χ3v) is 2.97. The maximum Gasteiger partial charge on any atom is 0.307 e. The predicted molar refractivity (Wildman–Crippen MR) is 61.4 cm³/mol. The molecule has 0 saturated carbocycles. The minimum absolute atomic E-state index is 0.0901. The van der Waals surface area contributed by atoms with Gasteiger partial charge in [-0.05, 0) is 19.4 Å². The highest BCUT2D eigenvalue weighted by Crippen LogP contribution is 2.17. The Morgan fingerprint density at radius 1 is 1.50 bits per heavy atom. The fraction of sp³-hybridized carbons (Fsp3) is 0.909. The van der Waals surface area contributed by atoms with Gasteiger partial charge in [-0.25, -0.2) is 0 Å². The molecule has 3 N–H and O–H groups in total. The molecule has 2 unspecified atom stereocenters. The zero-order valence-electron chi connectivity index (χ0n) is 9.85. The number of hydrogen-bond donors (Lipinski definition) is 3. The molecule has 5 nitrogen and oxygen atoms in total. The molecule has 0 radical (unpaired) electrons. The van der Waals surface area contributed by atoms with Gasteiger partial charge in [0, 0.05) is 25.7 Å². The molecule has 94 valence electrons. The van der Waals surface area contributed by atoms with Gasteiger partial charge in [0.1, 0.15) is 0 Å². The van der Waals surface area contributed by atoms with Crippen molar-refractivity contribution in [3.8, 4) is 0 Å². The summed E-state index contributed by atoms with van der Waals surface area (Å²) < 4.78 is 0. The molecular formula is C11H22N2O3. The van der Waals surface area contributed by atoms with Gasteiger partial charge in [0.2, 0.25) is 0 Å². The van der Waals surface area contributed by atoms with E-state index in [1.807, 2.05) is 4.90 Å². The minimum atomic E-state index is -0.731. The lowest BCUT2D eigenvalue weighted by molar-refractivity contribution is -0.144. The first-order chi connectivity index (χ1) is 7.67. The zero-order chi connectivity index (χ0) is 12.0. The summed E-state index contributed by atoms with van der Waals surface area (Å²) in [7, 11) is 0. The molecular weight excluding hydrogens is 208 g/mol. The second-order valence-electron chi connectivity index (χ2n) is 4.41. The van der Waals surface area contributed by atoms with Crippen LogP contribution in [0.25, 0.3) is 0 Å². The van der Waals surface area contributed by atoms with Gasteiger partial charge in [-0.15, -0.1) is 0 Å². The van der Waals surface area contributed by atoms with E-state index < -0.39 is 5.97 Å². The van der Waals surface area contributed by atoms with Crippen LogP contribution in [0.3, 0.4) is 0 Å². The fourth-order valence-corrected chi connectivity index (χ4v) is 2.19. The van der Waals surface area contributed by atoms with Crippen LogP contribution < -0.4 is 5.32 Å². The van der Waals surface area contributed by atoms with Crippen molar-refractivity contribution < 1.29 is 15.0 Å². The summed E-state index contributed by atoms with van der Waals surface area (Å²) >= 11 is 0. The van der Waals surface area contributed by atoms with Crippen LogP contribution in [-0.4, -0.2) is 59.9 Å². The molecule has 1 heterocycles. The molecule has 0 aliphatic carbocycles. The average molecular weight is 230 g/mol. The van der Waals surface area contributed by atoms with Crippen molar-refractivity contribution in [2.45, 2.75) is 25.8 Å². The summed E-state index contributed by atoms with van der Waals surface area (Å²) in [5.41, 5.74) is 0. The number of nitrogens with zero attached hydrogens (tertiary/aromatic N) is 1. The first-order valence-electron chi connectivity index (χ1n) is 5.96. The summed E-state index contributed by atoms with van der Waals surface area (Å²) in [4.78, 5) is 13.0. The highest BCUT2D eigenvalue weighted by molar-refractivity contribution is 5.70. The Morgan fingerprint density at radius 2 is 2.25 bits per heavy atom. The van der Waals surface area contributed by atoms with E-state index >= 15 is 0 Å². The Hall–Kier alpha value is -0.650. The van der Waals surface area contributed by atoms with E-state index in [0.717, 1.165) is 19.5 Å². The lowest BCUT2D eigenvalue weighted by atomic mass is 9.94. The average Bonchev–Trinajstić information content (AvgIpc) is 2.26. The minimum Gasteiger partial charge on any atom is -0.481 e. The van der Waals surface area contributed by atoms with Crippen LogP contribution in [0.1, 0.15) is 19.8 Å². The Balaban J connectivity index is 2.48. The highest BCUT2D eigenvalue weighted by Gasteiger charge is 2.30.